The Balaban J connectivity index is -0.0000000430. The van der Waals surface area contributed by atoms with Gasteiger partial charge in [0.25, 0.3) is 0 Å². The number of hydrogen-bond acceptors (Lipinski definition) is 18. The van der Waals surface area contributed by atoms with E-state index in [1.165, 1.54) is 26.4 Å². The van der Waals surface area contributed by atoms with Crippen molar-refractivity contribution < 1.29 is 126 Å². The molecule has 0 aromatic heterocycles. The van der Waals surface area contributed by atoms with Crippen molar-refractivity contribution in [2.24, 2.45) is 16.2 Å². The molecule has 660 valence electrons. The van der Waals surface area contributed by atoms with Crippen LogP contribution in [0.4, 0.5) is 0 Å². The van der Waals surface area contributed by atoms with Gasteiger partial charge in [0.1, 0.15) is 0 Å². The molecule has 0 saturated heterocycles. The van der Waals surface area contributed by atoms with E-state index in [-0.39, 0.29) is 174 Å². The summed E-state index contributed by atoms with van der Waals surface area (Å²) in [5, 5.41) is 0. The van der Waals surface area contributed by atoms with Crippen LogP contribution in [0.2, 0.25) is 11.1 Å². The molecule has 0 bridgehead atoms. The molecule has 0 unspecified atom stereocenters. The van der Waals surface area contributed by atoms with Gasteiger partial charge in [-0.25, -0.2) is 0 Å². The van der Waals surface area contributed by atoms with Crippen LogP contribution in [0.5, 0.6) is 0 Å². The first-order valence-corrected chi connectivity index (χ1v) is 47.6. The summed E-state index contributed by atoms with van der Waals surface area (Å²) in [5.74, 6) is 0. The maximum atomic E-state index is 11.0. The van der Waals surface area contributed by atoms with Crippen LogP contribution in [0.15, 0.2) is 0 Å². The van der Waals surface area contributed by atoms with Crippen LogP contribution in [0.3, 0.4) is 0 Å². The second-order valence-electron chi connectivity index (χ2n) is 28.1. The topological polar surface area (TPSA) is 177 Å². The quantitative estimate of drug-likeness (QED) is 0.0601. The van der Waals surface area contributed by atoms with E-state index in [0.29, 0.717) is 27.3 Å². The van der Waals surface area contributed by atoms with Crippen LogP contribution >= 0.6 is 0 Å². The van der Waals surface area contributed by atoms with Gasteiger partial charge >= 0.3 is 45.2 Å². The monoisotopic (exact) mass is 1890 g/mol. The van der Waals surface area contributed by atoms with Gasteiger partial charge in [0.2, 0.25) is 0 Å². The van der Waals surface area contributed by atoms with Crippen molar-refractivity contribution in [2.75, 3.05) is 14.2 Å². The van der Waals surface area contributed by atoms with Crippen LogP contribution in [0.25, 0.3) is 0 Å². The molecule has 0 heterocycles. The van der Waals surface area contributed by atoms with Crippen LogP contribution in [0.1, 0.15) is 411 Å². The molecule has 0 spiro atoms. The molecule has 1 N–H and O–H groups in total. The Kier molecular flexibility index (Phi) is 144. The minimum absolute atomic E-state index is 0. The summed E-state index contributed by atoms with van der Waals surface area (Å²) in [6.07, 6.45) is 2.38. The van der Waals surface area contributed by atoms with E-state index in [0.717, 1.165) is 0 Å². The van der Waals surface area contributed by atoms with Crippen molar-refractivity contribution in [3.8, 4) is 0 Å². The van der Waals surface area contributed by atoms with Gasteiger partial charge in [0.15, 0.2) is 19.5 Å². The first-order chi connectivity index (χ1) is 42.6. The molecule has 27 heteroatoms. The third-order valence-corrected chi connectivity index (χ3v) is 28.5. The molecule has 0 amide bonds. The minimum Gasteiger partial charge on any atom is -0.400 e. The Labute approximate surface area is 705 Å². The molecular formula is C77H206O18Si7WZr. The molecule has 0 aliphatic rings. The Morgan fingerprint density at radius 3 is 0.529 bits per heavy atom. The molecule has 0 aliphatic carbocycles. The fraction of sp³-hybridized carbons (Fsp3) is 1.00. The number of rotatable bonds is 34. The summed E-state index contributed by atoms with van der Waals surface area (Å²) in [6, 6.07) is 0. The largest absolute Gasteiger partial charge is 0.680 e. The normalized spacial score (nSPS) is 11.3. The van der Waals surface area contributed by atoms with Gasteiger partial charge in [-0.1, -0.05) is 259 Å². The first-order valence-electron chi connectivity index (χ1n) is 36.6. The van der Waals surface area contributed by atoms with Crippen LogP contribution in [-0.2, 0) is 121 Å². The van der Waals surface area contributed by atoms with Crippen molar-refractivity contribution in [1.82, 2.24) is 0 Å². The molecule has 0 atom stereocenters. The first kappa shape index (κ1) is 162. The fourth-order valence-corrected chi connectivity index (χ4v) is 23.4. The predicted octanol–water partition coefficient (Wildman–Crippen LogP) is 25.5. The maximum Gasteiger partial charge on any atom is 0.680 e. The van der Waals surface area contributed by atoms with Crippen molar-refractivity contribution in [2.45, 2.75) is 489 Å². The van der Waals surface area contributed by atoms with E-state index in [1.807, 2.05) is 222 Å². The summed E-state index contributed by atoms with van der Waals surface area (Å²) in [7, 11) is -16.5. The Morgan fingerprint density at radius 2 is 0.404 bits per heavy atom. The molecule has 0 aromatic carbocycles. The number of hydrogen-bond donors (Lipinski definition) is 1. The Morgan fingerprint density at radius 1 is 0.269 bits per heavy atom. The van der Waals surface area contributed by atoms with Gasteiger partial charge in [-0.2, -0.15) is 0 Å². The van der Waals surface area contributed by atoms with E-state index >= 15 is 0 Å². The molecule has 0 aliphatic heterocycles. The van der Waals surface area contributed by atoms with Crippen molar-refractivity contribution in [1.29, 1.82) is 0 Å². The molecule has 0 radical (unpaired) electrons. The van der Waals surface area contributed by atoms with Gasteiger partial charge < -0.3 is 78.8 Å². The molecule has 18 nitrogen and oxygen atoms in total. The Hall–Kier alpha value is 2.37. The van der Waals surface area contributed by atoms with Gasteiger partial charge in [0.05, 0.1) is 0 Å². The summed E-state index contributed by atoms with van der Waals surface area (Å²) >= 11 is 0. The van der Waals surface area contributed by atoms with Crippen molar-refractivity contribution in [3.05, 3.63) is 0 Å². The average molecular weight is 1890 g/mol. The van der Waals surface area contributed by atoms with Crippen LogP contribution in [0, 0.1) is 16.2 Å². The van der Waals surface area contributed by atoms with Gasteiger partial charge in [-0.15, -0.1) is 0 Å². The second kappa shape index (κ2) is 92.5. The second-order valence-corrected chi connectivity index (χ2v) is 44.5. The maximum absolute atomic E-state index is 11.0. The van der Waals surface area contributed by atoms with Gasteiger partial charge in [-0.3, -0.25) is 0 Å². The molecule has 0 fully saturated rings. The molecular weight excluding hydrogens is 1680 g/mol. The van der Waals surface area contributed by atoms with E-state index in [9.17, 15) is 4.80 Å². The fourth-order valence-electron chi connectivity index (χ4n) is 4.91. The van der Waals surface area contributed by atoms with Gasteiger partial charge in [0, 0.05) is 129 Å². The van der Waals surface area contributed by atoms with E-state index in [2.05, 4.69) is 111 Å². The van der Waals surface area contributed by atoms with E-state index in [4.69, 9.17) is 74.0 Å². The van der Waals surface area contributed by atoms with Crippen LogP contribution < -0.4 is 0 Å². The van der Waals surface area contributed by atoms with Crippen LogP contribution in [-0.4, -0.2) is 151 Å². The summed E-state index contributed by atoms with van der Waals surface area (Å²) in [6.45, 7) is 96.9. The van der Waals surface area contributed by atoms with Crippen molar-refractivity contribution >= 4 is 64.8 Å². The summed E-state index contributed by atoms with van der Waals surface area (Å²) < 4.78 is 100. The zero-order valence-electron chi connectivity index (χ0n) is 73.3. The summed E-state index contributed by atoms with van der Waals surface area (Å²) in [4.78, 5) is 11.0. The SMILES string of the molecule is C.C.C.C.C.C.C.C.CC.CC.CC.CC.CC.CC(C)O[Si](O)(OC(C)C)O[Si](O[SiH2]C(C)C)(OC(C)C)OC(C)C.CCC(C)(C)C.CCC(C)(C)C.CCC(C)(C)C.CO[Si](OC(C)C)(OC(C)C)OC(C)C.CO[Si](OC(C)C)(OC(C)C)O[Si](O[SiH2]C(C)C)(OC(C)C)OC(C)C.[W].[Zr]. The third kappa shape index (κ3) is 120. The zero-order valence-corrected chi connectivity index (χ0v) is 86.6. The van der Waals surface area contributed by atoms with E-state index in [1.54, 1.807) is 7.11 Å². The standard InChI is InChI=1S/C16H40O7Si3.C15H38O7Si3.C10H24O4Si.3C6H14.5C2H6.8CH4.W.Zr/c1-12(2)18-25(17-11,19-13(3)4)23-26(20-14(5)6,21-15(7)8)22-24-16(9)10;1-11(2)17-24(16,18-12(3)4)22-25(19-13(5)6,20-14(7)8)21-23-15(9)10;1-8(2)12-15(11-7,13-9(3)4)14-10(5)6;3*1-5-6(2,3)4;5*1-2;;;;;;;;;;/h12-16H,24H2,1-11H3;11-16H,23H2,1-10H3;8-10H,1-7H3;3*5H2,1-4H3;5*1-2H3;8*1H4;;. The van der Waals surface area contributed by atoms with Gasteiger partial charge in [-0.05, 0) is 180 Å². The molecule has 0 rings (SSSR count). The summed E-state index contributed by atoms with van der Waals surface area (Å²) in [5.41, 5.74) is 2.43. The molecule has 104 heavy (non-hydrogen) atoms. The predicted molar refractivity (Wildman–Crippen MR) is 475 cm³/mol. The molecule has 0 saturated carbocycles. The smallest absolute Gasteiger partial charge is 0.400 e. The van der Waals surface area contributed by atoms with Crippen molar-refractivity contribution in [3.63, 3.8) is 0 Å². The Bertz CT molecular complexity index is 1430. The zero-order chi connectivity index (χ0) is 78.1. The minimum atomic E-state index is -4.01. The third-order valence-electron chi connectivity index (χ3n) is 9.56. The van der Waals surface area contributed by atoms with E-state index < -0.39 is 64.8 Å². The average Bonchev–Trinajstić information content (AvgIpc) is 0.812. The molecule has 0 aromatic rings.